The lowest BCUT2D eigenvalue weighted by Crippen LogP contribution is -2.58. The van der Waals surface area contributed by atoms with Gasteiger partial charge in [-0.3, -0.25) is 14.4 Å². The summed E-state index contributed by atoms with van der Waals surface area (Å²) in [6, 6.07) is 0. The molecule has 0 amide bonds. The van der Waals surface area contributed by atoms with E-state index in [-0.39, 0.29) is 6.61 Å². The standard InChI is InChI=1S/C12H18O8/c1-6(14)18-10-5-17-9(4-13)11(19-7(2)15)12(10)20-8(3)16/h9-13H,4-5H2,1-3H3/t9-,10-,11-,12-/m1/s1. The first-order chi connectivity index (χ1) is 9.35. The van der Waals surface area contributed by atoms with E-state index in [1.807, 2.05) is 0 Å². The zero-order valence-electron chi connectivity index (χ0n) is 11.5. The lowest BCUT2D eigenvalue weighted by atomic mass is 9.99. The largest absolute Gasteiger partial charge is 0.456 e. The molecule has 20 heavy (non-hydrogen) atoms. The summed E-state index contributed by atoms with van der Waals surface area (Å²) in [6.07, 6.45) is -3.82. The monoisotopic (exact) mass is 290 g/mol. The van der Waals surface area contributed by atoms with Gasteiger partial charge in [-0.2, -0.15) is 0 Å². The SMILES string of the molecule is CC(=O)O[C@H]1[C@H](OC(C)=O)[C@H](OC(C)=O)CO[C@@H]1CO. The van der Waals surface area contributed by atoms with Crippen molar-refractivity contribution < 1.29 is 38.4 Å². The first kappa shape index (κ1) is 16.4. The predicted molar refractivity (Wildman–Crippen MR) is 63.5 cm³/mol. The van der Waals surface area contributed by atoms with Gasteiger partial charge in [-0.25, -0.2) is 0 Å². The highest BCUT2D eigenvalue weighted by Crippen LogP contribution is 2.24. The van der Waals surface area contributed by atoms with Crippen LogP contribution in [-0.2, 0) is 33.3 Å². The van der Waals surface area contributed by atoms with Crippen LogP contribution in [0.5, 0.6) is 0 Å². The van der Waals surface area contributed by atoms with Crippen molar-refractivity contribution in [3.63, 3.8) is 0 Å². The van der Waals surface area contributed by atoms with E-state index < -0.39 is 48.9 Å². The van der Waals surface area contributed by atoms with Gasteiger partial charge in [-0.05, 0) is 0 Å². The second-order valence-corrected chi connectivity index (χ2v) is 4.35. The van der Waals surface area contributed by atoms with Crippen LogP contribution in [0.2, 0.25) is 0 Å². The number of rotatable bonds is 4. The summed E-state index contributed by atoms with van der Waals surface area (Å²) >= 11 is 0. The smallest absolute Gasteiger partial charge is 0.303 e. The molecule has 0 aromatic carbocycles. The van der Waals surface area contributed by atoms with Crippen molar-refractivity contribution in [2.75, 3.05) is 13.2 Å². The maximum absolute atomic E-state index is 11.2. The third-order valence-electron chi connectivity index (χ3n) is 2.63. The Morgan fingerprint density at radius 3 is 1.95 bits per heavy atom. The van der Waals surface area contributed by atoms with E-state index in [2.05, 4.69) is 0 Å². The van der Waals surface area contributed by atoms with Gasteiger partial charge in [0.2, 0.25) is 0 Å². The van der Waals surface area contributed by atoms with Crippen molar-refractivity contribution in [3.05, 3.63) is 0 Å². The van der Waals surface area contributed by atoms with Crippen LogP contribution in [0.3, 0.4) is 0 Å². The summed E-state index contributed by atoms with van der Waals surface area (Å²) in [5.74, 6) is -1.83. The summed E-state index contributed by atoms with van der Waals surface area (Å²) in [4.78, 5) is 33.3. The molecule has 1 aliphatic heterocycles. The Bertz CT molecular complexity index is 380. The van der Waals surface area contributed by atoms with Crippen LogP contribution in [-0.4, -0.2) is 60.6 Å². The molecule has 0 saturated carbocycles. The summed E-state index contributed by atoms with van der Waals surface area (Å²) in [6.45, 7) is 3.06. The van der Waals surface area contributed by atoms with Crippen LogP contribution in [0.4, 0.5) is 0 Å². The Balaban J connectivity index is 2.95. The Hall–Kier alpha value is -1.67. The fraction of sp³-hybridized carbons (Fsp3) is 0.750. The zero-order chi connectivity index (χ0) is 15.3. The number of hydrogen-bond donors (Lipinski definition) is 1. The fourth-order valence-electron chi connectivity index (χ4n) is 1.97. The molecule has 8 heteroatoms. The topological polar surface area (TPSA) is 108 Å². The van der Waals surface area contributed by atoms with Gasteiger partial charge < -0.3 is 24.1 Å². The molecule has 114 valence electrons. The summed E-state index contributed by atoms with van der Waals surface area (Å²) < 4.78 is 20.4. The van der Waals surface area contributed by atoms with E-state index in [4.69, 9.17) is 18.9 Å². The maximum Gasteiger partial charge on any atom is 0.303 e. The van der Waals surface area contributed by atoms with Gasteiger partial charge in [0.05, 0.1) is 13.2 Å². The van der Waals surface area contributed by atoms with Crippen molar-refractivity contribution in [1.29, 1.82) is 0 Å². The quantitative estimate of drug-likeness (QED) is 0.528. The van der Waals surface area contributed by atoms with Crippen molar-refractivity contribution in [3.8, 4) is 0 Å². The van der Waals surface area contributed by atoms with Crippen LogP contribution in [0.1, 0.15) is 20.8 Å². The highest BCUT2D eigenvalue weighted by Gasteiger charge is 2.46. The second kappa shape index (κ2) is 7.20. The van der Waals surface area contributed by atoms with Crippen LogP contribution in [0.15, 0.2) is 0 Å². The Kier molecular flexibility index (Phi) is 5.90. The van der Waals surface area contributed by atoms with Gasteiger partial charge in [0, 0.05) is 20.8 Å². The van der Waals surface area contributed by atoms with Crippen LogP contribution < -0.4 is 0 Å². The molecule has 0 spiro atoms. The van der Waals surface area contributed by atoms with Gasteiger partial charge in [0.1, 0.15) is 6.10 Å². The van der Waals surface area contributed by atoms with E-state index in [9.17, 15) is 19.5 Å². The first-order valence-corrected chi connectivity index (χ1v) is 6.09. The number of carbonyl (C=O) groups is 3. The average Bonchev–Trinajstić information content (AvgIpc) is 2.31. The van der Waals surface area contributed by atoms with E-state index in [0.29, 0.717) is 0 Å². The predicted octanol–water partition coefficient (Wildman–Crippen LogP) is -0.827. The molecule has 1 aliphatic rings. The second-order valence-electron chi connectivity index (χ2n) is 4.35. The highest BCUT2D eigenvalue weighted by molar-refractivity contribution is 5.68. The molecule has 1 N–H and O–H groups in total. The molecule has 1 heterocycles. The van der Waals surface area contributed by atoms with Crippen molar-refractivity contribution in [1.82, 2.24) is 0 Å². The van der Waals surface area contributed by atoms with Gasteiger partial charge in [0.25, 0.3) is 0 Å². The third kappa shape index (κ3) is 4.46. The molecule has 8 nitrogen and oxygen atoms in total. The van der Waals surface area contributed by atoms with Gasteiger partial charge in [-0.15, -0.1) is 0 Å². The summed E-state index contributed by atoms with van der Waals surface area (Å²) in [5.41, 5.74) is 0. The summed E-state index contributed by atoms with van der Waals surface area (Å²) in [5, 5.41) is 9.23. The molecule has 1 saturated heterocycles. The molecule has 0 aromatic rings. The molecule has 0 unspecified atom stereocenters. The molecule has 1 rings (SSSR count). The molecule has 0 aliphatic carbocycles. The maximum atomic E-state index is 11.2. The average molecular weight is 290 g/mol. The number of aliphatic hydroxyl groups is 1. The van der Waals surface area contributed by atoms with E-state index >= 15 is 0 Å². The third-order valence-corrected chi connectivity index (χ3v) is 2.63. The number of ether oxygens (including phenoxy) is 4. The molecule has 4 atom stereocenters. The van der Waals surface area contributed by atoms with Crippen molar-refractivity contribution in [2.24, 2.45) is 0 Å². The normalized spacial score (nSPS) is 29.4. The van der Waals surface area contributed by atoms with Crippen LogP contribution in [0, 0.1) is 0 Å². The zero-order valence-corrected chi connectivity index (χ0v) is 11.5. The number of carbonyl (C=O) groups excluding carboxylic acids is 3. The lowest BCUT2D eigenvalue weighted by Gasteiger charge is -2.39. The Morgan fingerprint density at radius 2 is 1.50 bits per heavy atom. The van der Waals surface area contributed by atoms with Crippen LogP contribution in [0.25, 0.3) is 0 Å². The molecular weight excluding hydrogens is 272 g/mol. The van der Waals surface area contributed by atoms with Crippen molar-refractivity contribution >= 4 is 17.9 Å². The van der Waals surface area contributed by atoms with Crippen molar-refractivity contribution in [2.45, 2.75) is 45.2 Å². The van der Waals surface area contributed by atoms with Gasteiger partial charge in [-0.1, -0.05) is 0 Å². The number of hydrogen-bond acceptors (Lipinski definition) is 8. The number of esters is 3. The molecule has 0 bridgehead atoms. The molecule has 0 radical (unpaired) electrons. The molecular formula is C12H18O8. The first-order valence-electron chi connectivity index (χ1n) is 6.09. The lowest BCUT2D eigenvalue weighted by molar-refractivity contribution is -0.229. The minimum atomic E-state index is -1.04. The van der Waals surface area contributed by atoms with Gasteiger partial charge >= 0.3 is 17.9 Å². The minimum Gasteiger partial charge on any atom is -0.456 e. The molecule has 0 aromatic heterocycles. The van der Waals surface area contributed by atoms with Crippen LogP contribution >= 0.6 is 0 Å². The minimum absolute atomic E-state index is 0.0689. The number of aliphatic hydroxyl groups excluding tert-OH is 1. The van der Waals surface area contributed by atoms with Gasteiger partial charge in [0.15, 0.2) is 18.3 Å². The molecule has 1 fully saturated rings. The fourth-order valence-corrected chi connectivity index (χ4v) is 1.97. The van der Waals surface area contributed by atoms with E-state index in [0.717, 1.165) is 0 Å². The summed E-state index contributed by atoms with van der Waals surface area (Å²) in [7, 11) is 0. The van der Waals surface area contributed by atoms with E-state index in [1.54, 1.807) is 0 Å². The highest BCUT2D eigenvalue weighted by atomic mass is 16.6. The Morgan fingerprint density at radius 1 is 1.00 bits per heavy atom. The van der Waals surface area contributed by atoms with E-state index in [1.165, 1.54) is 20.8 Å². The Labute approximate surface area is 115 Å².